The van der Waals surface area contributed by atoms with Crippen molar-refractivity contribution in [3.8, 4) is 0 Å². The van der Waals surface area contributed by atoms with Gasteiger partial charge in [0.2, 0.25) is 10.3 Å². The molecule has 4 nitrogen and oxygen atoms in total. The summed E-state index contributed by atoms with van der Waals surface area (Å²) in [4.78, 5) is 10.4. The Morgan fingerprint density at radius 1 is 1.43 bits per heavy atom. The summed E-state index contributed by atoms with van der Waals surface area (Å²) in [6.45, 7) is 0. The molecule has 0 saturated heterocycles. The maximum atomic E-state index is 10.7. The van der Waals surface area contributed by atoms with Gasteiger partial charge in [-0.1, -0.05) is 24.3 Å². The topological polar surface area (TPSA) is 71.4 Å². The Balaban J connectivity index is 3.00. The maximum Gasteiger partial charge on any atom is 0.328 e. The molecule has 1 rings (SSSR count). The van der Waals surface area contributed by atoms with E-state index < -0.39 is 22.2 Å². The number of carboxylic acid groups (broad SMARTS) is 1. The van der Waals surface area contributed by atoms with E-state index in [2.05, 4.69) is 0 Å². The lowest BCUT2D eigenvalue weighted by atomic mass is 10.0. The van der Waals surface area contributed by atoms with Crippen LogP contribution in [0.25, 0.3) is 0 Å². The van der Waals surface area contributed by atoms with Crippen molar-refractivity contribution in [2.45, 2.75) is 0 Å². The lowest BCUT2D eigenvalue weighted by Crippen LogP contribution is -2.10. The van der Waals surface area contributed by atoms with E-state index in [4.69, 9.17) is 5.11 Å². The number of hydrogen-bond acceptors (Lipinski definition) is 3. The van der Waals surface area contributed by atoms with E-state index in [-0.39, 0.29) is 4.86 Å². The number of allylic oxidation sites excluding steroid dienone is 5. The molecule has 0 spiro atoms. The van der Waals surface area contributed by atoms with Crippen LogP contribution in [0.3, 0.4) is 0 Å². The third-order valence-electron chi connectivity index (χ3n) is 1.66. The molecule has 0 radical (unpaired) electrons. The maximum absolute atomic E-state index is 10.7. The van der Waals surface area contributed by atoms with Crippen molar-refractivity contribution in [3.05, 3.63) is 36.5 Å². The molecule has 1 aliphatic rings. The van der Waals surface area contributed by atoms with Crippen LogP contribution in [0.15, 0.2) is 36.5 Å². The van der Waals surface area contributed by atoms with Crippen molar-refractivity contribution in [1.82, 2.24) is 0 Å². The van der Waals surface area contributed by atoms with Crippen molar-refractivity contribution in [3.63, 3.8) is 0 Å². The van der Waals surface area contributed by atoms with Gasteiger partial charge in [-0.3, -0.25) is 0 Å². The smallest absolute Gasteiger partial charge is 0.328 e. The van der Waals surface area contributed by atoms with Gasteiger partial charge in [0.05, 0.1) is 4.86 Å². The Morgan fingerprint density at radius 2 is 2.14 bits per heavy atom. The fourth-order valence-corrected chi connectivity index (χ4v) is 1.62. The second kappa shape index (κ2) is 4.57. The Labute approximate surface area is 82.4 Å². The molecule has 1 atom stereocenters. The molecular formula is C9H8O4S. The second-order valence-electron chi connectivity index (χ2n) is 2.60. The van der Waals surface area contributed by atoms with Crippen LogP contribution < -0.4 is 0 Å². The van der Waals surface area contributed by atoms with Crippen LogP contribution >= 0.6 is 0 Å². The third kappa shape index (κ3) is 2.70. The summed E-state index contributed by atoms with van der Waals surface area (Å²) in [5, 5.41) is 8.38. The second-order valence-corrected chi connectivity index (χ2v) is 3.55. The fraction of sp³-hybridized carbons (Fsp3) is 0.111. The first-order valence-electron chi connectivity index (χ1n) is 3.83. The fourth-order valence-electron chi connectivity index (χ4n) is 1.05. The van der Waals surface area contributed by atoms with E-state index in [1.165, 1.54) is 12.2 Å². The largest absolute Gasteiger partial charge is 0.478 e. The molecule has 1 unspecified atom stereocenters. The van der Waals surface area contributed by atoms with Crippen LogP contribution in [0.2, 0.25) is 0 Å². The lowest BCUT2D eigenvalue weighted by molar-refractivity contribution is -0.131. The molecule has 0 amide bonds. The summed E-state index contributed by atoms with van der Waals surface area (Å²) >= 11 is 0. The number of aliphatic carboxylic acids is 1. The highest BCUT2D eigenvalue weighted by atomic mass is 32.2. The van der Waals surface area contributed by atoms with Gasteiger partial charge in [-0.05, 0) is 6.08 Å². The van der Waals surface area contributed by atoms with Gasteiger partial charge < -0.3 is 5.11 Å². The molecule has 0 aromatic heterocycles. The van der Waals surface area contributed by atoms with Gasteiger partial charge in [-0.15, -0.1) is 0 Å². The minimum absolute atomic E-state index is 0.171. The molecule has 1 aliphatic carbocycles. The predicted molar refractivity (Wildman–Crippen MR) is 52.5 cm³/mol. The normalized spacial score (nSPS) is 20.3. The Morgan fingerprint density at radius 3 is 2.71 bits per heavy atom. The SMILES string of the molecule is O=C(O)C=CC1C=CC=CC1=S(=O)=O. The molecule has 0 aromatic carbocycles. The molecule has 74 valence electrons. The van der Waals surface area contributed by atoms with Crippen molar-refractivity contribution in [2.24, 2.45) is 5.92 Å². The summed E-state index contributed by atoms with van der Waals surface area (Å²) in [5.74, 6) is -1.57. The first kappa shape index (κ1) is 10.5. The van der Waals surface area contributed by atoms with E-state index in [9.17, 15) is 13.2 Å². The Bertz CT molecular complexity index is 443. The first-order valence-corrected chi connectivity index (χ1v) is 4.91. The molecule has 5 heteroatoms. The summed E-state index contributed by atoms with van der Waals surface area (Å²) < 4.78 is 21.4. The lowest BCUT2D eigenvalue weighted by Gasteiger charge is -2.06. The van der Waals surface area contributed by atoms with Gasteiger partial charge >= 0.3 is 5.97 Å². The van der Waals surface area contributed by atoms with Crippen LogP contribution in [0.5, 0.6) is 0 Å². The average Bonchev–Trinajstić information content (AvgIpc) is 2.15. The van der Waals surface area contributed by atoms with Gasteiger partial charge in [0, 0.05) is 12.0 Å². The molecule has 1 N–H and O–H groups in total. The monoisotopic (exact) mass is 212 g/mol. The zero-order valence-electron chi connectivity index (χ0n) is 7.12. The van der Waals surface area contributed by atoms with Gasteiger partial charge in [-0.25, -0.2) is 4.79 Å². The predicted octanol–water partition coefficient (Wildman–Crippen LogP) is 0.421. The number of carboxylic acids is 1. The Hall–Kier alpha value is -1.62. The quantitative estimate of drug-likeness (QED) is 0.532. The molecule has 0 aliphatic heterocycles. The number of hydrogen-bond donors (Lipinski definition) is 1. The van der Waals surface area contributed by atoms with Gasteiger partial charge in [0.15, 0.2) is 0 Å². The zero-order valence-corrected chi connectivity index (χ0v) is 7.94. The minimum Gasteiger partial charge on any atom is -0.478 e. The van der Waals surface area contributed by atoms with Crippen molar-refractivity contribution < 1.29 is 18.3 Å². The van der Waals surface area contributed by atoms with Crippen LogP contribution in [0.4, 0.5) is 0 Å². The standard InChI is InChI=1S/C9H8O4S/c10-9(11)6-5-7-3-1-2-4-8(7)14(12)13/h1-7H,(H,10,11). The Kier molecular flexibility index (Phi) is 3.41. The molecule has 0 heterocycles. The van der Waals surface area contributed by atoms with Gasteiger partial charge in [-0.2, -0.15) is 8.42 Å². The average molecular weight is 212 g/mol. The molecule has 0 fully saturated rings. The molecular weight excluding hydrogens is 204 g/mol. The summed E-state index contributed by atoms with van der Waals surface area (Å²) in [5.41, 5.74) is 0. The highest BCUT2D eigenvalue weighted by Crippen LogP contribution is 2.09. The molecule has 0 aromatic rings. The van der Waals surface area contributed by atoms with Crippen molar-refractivity contribution >= 4 is 21.1 Å². The van der Waals surface area contributed by atoms with Crippen molar-refractivity contribution in [1.29, 1.82) is 0 Å². The van der Waals surface area contributed by atoms with Gasteiger partial charge in [0.1, 0.15) is 0 Å². The van der Waals surface area contributed by atoms with E-state index in [1.807, 2.05) is 0 Å². The third-order valence-corrected chi connectivity index (χ3v) is 2.45. The van der Waals surface area contributed by atoms with E-state index in [1.54, 1.807) is 18.2 Å². The summed E-state index contributed by atoms with van der Waals surface area (Å²) in [6.07, 6.45) is 8.59. The summed E-state index contributed by atoms with van der Waals surface area (Å²) in [6, 6.07) is 0. The highest BCUT2D eigenvalue weighted by Gasteiger charge is 2.11. The van der Waals surface area contributed by atoms with E-state index in [0.717, 1.165) is 6.08 Å². The zero-order chi connectivity index (χ0) is 10.6. The molecule has 0 saturated carbocycles. The first-order chi connectivity index (χ1) is 6.61. The van der Waals surface area contributed by atoms with E-state index >= 15 is 0 Å². The van der Waals surface area contributed by atoms with Crippen LogP contribution in [0, 0.1) is 5.92 Å². The number of rotatable bonds is 2. The van der Waals surface area contributed by atoms with Crippen LogP contribution in [-0.2, 0) is 15.1 Å². The summed E-state index contributed by atoms with van der Waals surface area (Å²) in [7, 11) is -2.31. The minimum atomic E-state index is -2.31. The highest BCUT2D eigenvalue weighted by molar-refractivity contribution is 7.73. The van der Waals surface area contributed by atoms with Crippen molar-refractivity contribution in [2.75, 3.05) is 0 Å². The van der Waals surface area contributed by atoms with Crippen LogP contribution in [-0.4, -0.2) is 24.4 Å². The van der Waals surface area contributed by atoms with Crippen LogP contribution in [0.1, 0.15) is 0 Å². The molecule has 0 bridgehead atoms. The van der Waals surface area contributed by atoms with Gasteiger partial charge in [0.25, 0.3) is 0 Å². The number of carbonyl (C=O) groups is 1. The molecule has 14 heavy (non-hydrogen) atoms. The van der Waals surface area contributed by atoms with E-state index in [0.29, 0.717) is 0 Å².